The highest BCUT2D eigenvalue weighted by Crippen LogP contribution is 2.54. The summed E-state index contributed by atoms with van der Waals surface area (Å²) in [4.78, 5) is 0. The van der Waals surface area contributed by atoms with Crippen molar-refractivity contribution in [3.63, 3.8) is 0 Å². The van der Waals surface area contributed by atoms with E-state index in [4.69, 9.17) is 0 Å². The largest absolute Gasteiger partial charge is 0.377 e. The fourth-order valence-corrected chi connectivity index (χ4v) is 5.60. The van der Waals surface area contributed by atoms with Crippen LogP contribution < -0.4 is 5.46 Å². The fraction of sp³-hybridized carbons (Fsp3) is 0.613. The summed E-state index contributed by atoms with van der Waals surface area (Å²) in [5.41, 5.74) is 7.89. The molecule has 3 rings (SSSR count). The number of aryl methyl sites for hydroxylation is 1. The smallest absolute Gasteiger partial charge is 0.330 e. The van der Waals surface area contributed by atoms with Crippen molar-refractivity contribution in [2.24, 2.45) is 0 Å². The van der Waals surface area contributed by atoms with Crippen molar-refractivity contribution in [3.05, 3.63) is 53.1 Å². The normalized spacial score (nSPS) is 13.0. The highest BCUT2D eigenvalue weighted by molar-refractivity contribution is 6.65. The average molecular weight is 453 g/mol. The maximum Gasteiger partial charge on any atom is 0.377 e. The zero-order valence-electron chi connectivity index (χ0n) is 20.4. The van der Waals surface area contributed by atoms with Crippen LogP contribution in [0.1, 0.15) is 122 Å². The third-order valence-corrected chi connectivity index (χ3v) is 7.41. The molecule has 1 aliphatic rings. The van der Waals surface area contributed by atoms with Gasteiger partial charge in [0.2, 0.25) is 0 Å². The van der Waals surface area contributed by atoms with Gasteiger partial charge in [0.05, 0.1) is 0 Å². The van der Waals surface area contributed by atoms with Crippen molar-refractivity contribution in [2.45, 2.75) is 125 Å². The Balaban J connectivity index is 0.00000272. The molecule has 0 amide bonds. The molecule has 0 bridgehead atoms. The van der Waals surface area contributed by atoms with E-state index < -0.39 is 6.99 Å². The second-order valence-electron chi connectivity index (χ2n) is 9.88. The monoisotopic (exact) mass is 452 g/mol. The minimum atomic E-state index is -0.914. The van der Waals surface area contributed by atoms with Gasteiger partial charge in [-0.2, -0.15) is 0 Å². The standard InChI is InChI=1S/C29H42BF.2CH4/c1-5-7-9-11-13-19-29(20-14-12-10-8-6-2)27-21-23(3)15-17-25(27)26-18-16-24(30(4)31)22-28(26)29;;/h15-18,21-22H,5-14,19-20H2,1-4H3;2*1H4. The number of hydrogen-bond donors (Lipinski definition) is 0. The molecule has 33 heavy (non-hydrogen) atoms. The van der Waals surface area contributed by atoms with E-state index in [1.807, 2.05) is 6.07 Å². The Morgan fingerprint density at radius 3 is 1.70 bits per heavy atom. The molecular weight excluding hydrogens is 402 g/mol. The van der Waals surface area contributed by atoms with E-state index in [-0.39, 0.29) is 20.3 Å². The van der Waals surface area contributed by atoms with Crippen molar-refractivity contribution in [3.8, 4) is 11.1 Å². The molecule has 0 N–H and O–H groups in total. The Morgan fingerprint density at radius 2 is 1.18 bits per heavy atom. The van der Waals surface area contributed by atoms with Gasteiger partial charge in [-0.1, -0.05) is 135 Å². The summed E-state index contributed by atoms with van der Waals surface area (Å²) in [5, 5.41) is 0. The number of halogens is 1. The van der Waals surface area contributed by atoms with E-state index in [9.17, 15) is 4.32 Å². The summed E-state index contributed by atoms with van der Waals surface area (Å²) in [6.45, 7) is 7.53. The van der Waals surface area contributed by atoms with Crippen LogP contribution in [0.3, 0.4) is 0 Å². The maximum absolute atomic E-state index is 14.3. The molecule has 0 aromatic heterocycles. The van der Waals surface area contributed by atoms with Gasteiger partial charge in [-0.15, -0.1) is 0 Å². The topological polar surface area (TPSA) is 0 Å². The van der Waals surface area contributed by atoms with E-state index in [0.29, 0.717) is 0 Å². The average Bonchev–Trinajstić information content (AvgIpc) is 3.02. The van der Waals surface area contributed by atoms with Crippen LogP contribution in [0.25, 0.3) is 11.1 Å². The summed E-state index contributed by atoms with van der Waals surface area (Å²) in [7, 11) is 0. The lowest BCUT2D eigenvalue weighted by molar-refractivity contribution is 0.399. The molecule has 0 atom stereocenters. The van der Waals surface area contributed by atoms with Crippen LogP contribution in [-0.2, 0) is 5.41 Å². The van der Waals surface area contributed by atoms with Crippen LogP contribution >= 0.6 is 0 Å². The molecule has 0 saturated carbocycles. The Morgan fingerprint density at radius 1 is 0.697 bits per heavy atom. The third-order valence-electron chi connectivity index (χ3n) is 7.41. The van der Waals surface area contributed by atoms with Crippen molar-refractivity contribution in [1.29, 1.82) is 0 Å². The Bertz CT molecular complexity index is 825. The third kappa shape index (κ3) is 6.74. The summed E-state index contributed by atoms with van der Waals surface area (Å²) in [6, 6.07) is 13.4. The molecule has 2 heteroatoms. The second kappa shape index (κ2) is 14.0. The molecule has 0 nitrogen and oxygen atoms in total. The molecule has 2 aromatic carbocycles. The molecule has 0 heterocycles. The van der Waals surface area contributed by atoms with Gasteiger partial charge in [0, 0.05) is 5.41 Å². The van der Waals surface area contributed by atoms with E-state index in [1.165, 1.54) is 105 Å². The SMILES string of the molecule is C.C.CCCCCCCC1(CCCCCCC)c2cc(C)ccc2-c2ccc(B(C)F)cc21. The summed E-state index contributed by atoms with van der Waals surface area (Å²) >= 11 is 0. The van der Waals surface area contributed by atoms with Crippen molar-refractivity contribution in [2.75, 3.05) is 0 Å². The Kier molecular flexibility index (Phi) is 12.5. The first kappa shape index (κ1) is 29.5. The summed E-state index contributed by atoms with van der Waals surface area (Å²) in [6.07, 6.45) is 15.4. The molecule has 184 valence electrons. The first-order chi connectivity index (χ1) is 15.0. The second-order valence-corrected chi connectivity index (χ2v) is 9.88. The molecule has 1 aliphatic carbocycles. The highest BCUT2D eigenvalue weighted by Gasteiger charge is 2.42. The maximum atomic E-state index is 14.3. The molecule has 0 fully saturated rings. The van der Waals surface area contributed by atoms with E-state index >= 15 is 0 Å². The first-order valence-electron chi connectivity index (χ1n) is 12.9. The molecule has 0 radical (unpaired) electrons. The lowest BCUT2D eigenvalue weighted by Gasteiger charge is -2.33. The lowest BCUT2D eigenvalue weighted by atomic mass is 9.64. The molecule has 0 spiro atoms. The van der Waals surface area contributed by atoms with E-state index in [0.717, 1.165) is 5.46 Å². The van der Waals surface area contributed by atoms with Gasteiger partial charge in [0.25, 0.3) is 0 Å². The van der Waals surface area contributed by atoms with Gasteiger partial charge in [0.1, 0.15) is 0 Å². The van der Waals surface area contributed by atoms with Crippen LogP contribution in [0, 0.1) is 6.92 Å². The molecule has 0 aliphatic heterocycles. The number of unbranched alkanes of at least 4 members (excludes halogenated alkanes) is 8. The van der Waals surface area contributed by atoms with E-state index in [2.05, 4.69) is 51.1 Å². The molecular formula is C31H50BF. The van der Waals surface area contributed by atoms with E-state index in [1.54, 1.807) is 6.82 Å². The fourth-order valence-electron chi connectivity index (χ4n) is 5.60. The summed E-state index contributed by atoms with van der Waals surface area (Å²) in [5.74, 6) is 0. The lowest BCUT2D eigenvalue weighted by Crippen LogP contribution is -2.29. The Hall–Kier alpha value is -1.57. The minimum absolute atomic E-state index is 0. The Labute approximate surface area is 205 Å². The van der Waals surface area contributed by atoms with Gasteiger partial charge in [-0.25, -0.2) is 0 Å². The van der Waals surface area contributed by atoms with Crippen LogP contribution in [-0.4, -0.2) is 6.99 Å². The van der Waals surface area contributed by atoms with Gasteiger partial charge in [-0.05, 0) is 54.3 Å². The van der Waals surface area contributed by atoms with Crippen LogP contribution in [0.5, 0.6) is 0 Å². The number of rotatable bonds is 13. The quantitative estimate of drug-likeness (QED) is 0.209. The number of fused-ring (bicyclic) bond motifs is 3. The van der Waals surface area contributed by atoms with Gasteiger partial charge in [-0.3, -0.25) is 0 Å². The molecule has 2 aromatic rings. The predicted molar refractivity (Wildman–Crippen MR) is 150 cm³/mol. The van der Waals surface area contributed by atoms with Crippen molar-refractivity contribution in [1.82, 2.24) is 0 Å². The predicted octanol–water partition coefficient (Wildman–Crippen LogP) is 10.1. The van der Waals surface area contributed by atoms with Crippen LogP contribution in [0.4, 0.5) is 4.32 Å². The van der Waals surface area contributed by atoms with Crippen LogP contribution in [0.15, 0.2) is 36.4 Å². The van der Waals surface area contributed by atoms with Gasteiger partial charge < -0.3 is 4.32 Å². The zero-order chi connectivity index (χ0) is 22.3. The van der Waals surface area contributed by atoms with Gasteiger partial charge in [0.15, 0.2) is 0 Å². The van der Waals surface area contributed by atoms with Crippen molar-refractivity contribution < 1.29 is 4.32 Å². The summed E-state index contributed by atoms with van der Waals surface area (Å²) < 4.78 is 14.3. The first-order valence-corrected chi connectivity index (χ1v) is 12.9. The van der Waals surface area contributed by atoms with Gasteiger partial charge >= 0.3 is 6.99 Å². The minimum Gasteiger partial charge on any atom is -0.330 e. The zero-order valence-corrected chi connectivity index (χ0v) is 20.4. The molecule has 0 saturated heterocycles. The number of benzene rings is 2. The number of hydrogen-bond acceptors (Lipinski definition) is 0. The highest BCUT2D eigenvalue weighted by atomic mass is 19.1. The van der Waals surface area contributed by atoms with Crippen molar-refractivity contribution >= 4 is 12.5 Å². The van der Waals surface area contributed by atoms with Crippen LogP contribution in [0.2, 0.25) is 6.82 Å². The molecule has 0 unspecified atom stereocenters.